The summed E-state index contributed by atoms with van der Waals surface area (Å²) in [6.07, 6.45) is 27.4. The van der Waals surface area contributed by atoms with Crippen molar-refractivity contribution in [1.29, 1.82) is 0 Å². The summed E-state index contributed by atoms with van der Waals surface area (Å²) in [5.41, 5.74) is 0. The van der Waals surface area contributed by atoms with Crippen molar-refractivity contribution < 1.29 is 0 Å². The number of hydrogen-bond donors (Lipinski definition) is 0. The standard InChI is InChI=1S/C26H44N2S4/c29-25(27(21-13-5-1-6-14-21)22-15-7-2-8-16-22)31-32-26(30)28(23-17-9-3-10-18-23)24-19-11-4-12-20-24/h21-24H,1-20H2. The Bertz CT molecular complexity index is 501. The lowest BCUT2D eigenvalue weighted by molar-refractivity contribution is 0.164. The minimum atomic E-state index is 0.675. The molecule has 4 saturated carbocycles. The first-order chi connectivity index (χ1) is 15.7. The van der Waals surface area contributed by atoms with Crippen molar-refractivity contribution in [3.05, 3.63) is 0 Å². The summed E-state index contributed by atoms with van der Waals surface area (Å²) in [5, 5.41) is 0. The van der Waals surface area contributed by atoms with Gasteiger partial charge < -0.3 is 9.80 Å². The molecule has 182 valence electrons. The predicted octanol–water partition coefficient (Wildman–Crippen LogP) is 8.87. The van der Waals surface area contributed by atoms with Crippen LogP contribution in [0.3, 0.4) is 0 Å². The van der Waals surface area contributed by atoms with Crippen molar-refractivity contribution in [3.8, 4) is 0 Å². The van der Waals surface area contributed by atoms with Crippen LogP contribution in [0.1, 0.15) is 128 Å². The van der Waals surface area contributed by atoms with E-state index in [2.05, 4.69) is 9.80 Å². The van der Waals surface area contributed by atoms with Crippen molar-refractivity contribution in [3.63, 3.8) is 0 Å². The van der Waals surface area contributed by atoms with Crippen LogP contribution in [0.4, 0.5) is 0 Å². The average Bonchev–Trinajstić information content (AvgIpc) is 2.86. The van der Waals surface area contributed by atoms with Crippen LogP contribution in [0.15, 0.2) is 0 Å². The Hall–Kier alpha value is 0.480. The first-order valence-electron chi connectivity index (χ1n) is 13.7. The molecule has 0 amide bonds. The van der Waals surface area contributed by atoms with Gasteiger partial charge in [-0.25, -0.2) is 0 Å². The molecule has 4 aliphatic rings. The van der Waals surface area contributed by atoms with E-state index >= 15 is 0 Å². The maximum atomic E-state index is 6.14. The molecule has 0 aromatic heterocycles. The second-order valence-electron chi connectivity index (χ2n) is 10.7. The van der Waals surface area contributed by atoms with Gasteiger partial charge in [0.2, 0.25) is 0 Å². The van der Waals surface area contributed by atoms with Gasteiger partial charge in [-0.3, -0.25) is 0 Å². The minimum Gasteiger partial charge on any atom is -0.351 e. The molecule has 4 aliphatic carbocycles. The molecule has 0 bridgehead atoms. The van der Waals surface area contributed by atoms with Gasteiger partial charge in [0.05, 0.1) is 0 Å². The monoisotopic (exact) mass is 512 g/mol. The van der Waals surface area contributed by atoms with Gasteiger partial charge in [-0.05, 0) is 73.0 Å². The third-order valence-electron chi connectivity index (χ3n) is 8.48. The summed E-state index contributed by atoms with van der Waals surface area (Å²) in [6, 6.07) is 2.70. The summed E-state index contributed by atoms with van der Waals surface area (Å²) < 4.78 is 2.26. The summed E-state index contributed by atoms with van der Waals surface area (Å²) >= 11 is 12.3. The fraction of sp³-hybridized carbons (Fsp3) is 0.923. The lowest BCUT2D eigenvalue weighted by Crippen LogP contribution is -2.48. The van der Waals surface area contributed by atoms with E-state index in [1.54, 1.807) is 0 Å². The fourth-order valence-electron chi connectivity index (χ4n) is 6.79. The van der Waals surface area contributed by atoms with Crippen molar-refractivity contribution in [2.24, 2.45) is 0 Å². The van der Waals surface area contributed by atoms with E-state index in [0.29, 0.717) is 24.2 Å². The highest BCUT2D eigenvalue weighted by Gasteiger charge is 2.33. The molecule has 0 saturated heterocycles. The van der Waals surface area contributed by atoms with Crippen LogP contribution >= 0.6 is 46.0 Å². The normalized spacial score (nSPS) is 24.9. The van der Waals surface area contributed by atoms with Crippen LogP contribution in [-0.4, -0.2) is 42.6 Å². The van der Waals surface area contributed by atoms with E-state index in [9.17, 15) is 0 Å². The second kappa shape index (κ2) is 13.5. The summed E-state index contributed by atoms with van der Waals surface area (Å²) in [6.45, 7) is 0. The Balaban J connectivity index is 1.39. The summed E-state index contributed by atoms with van der Waals surface area (Å²) in [5.74, 6) is 0. The predicted molar refractivity (Wildman–Crippen MR) is 152 cm³/mol. The van der Waals surface area contributed by atoms with E-state index in [4.69, 9.17) is 24.4 Å². The van der Waals surface area contributed by atoms with Crippen LogP contribution in [0.2, 0.25) is 0 Å². The third kappa shape index (κ3) is 7.01. The average molecular weight is 513 g/mol. The highest BCUT2D eigenvalue weighted by molar-refractivity contribution is 8.89. The molecule has 6 heteroatoms. The van der Waals surface area contributed by atoms with E-state index < -0.39 is 0 Å². The molecule has 4 fully saturated rings. The molecule has 0 aromatic carbocycles. The quantitative estimate of drug-likeness (QED) is 0.272. The largest absolute Gasteiger partial charge is 0.351 e. The fourth-order valence-corrected chi connectivity index (χ4v) is 9.85. The van der Waals surface area contributed by atoms with E-state index in [0.717, 1.165) is 8.64 Å². The molecule has 0 heterocycles. The Labute approximate surface area is 216 Å². The van der Waals surface area contributed by atoms with Gasteiger partial charge in [0, 0.05) is 24.2 Å². The highest BCUT2D eigenvalue weighted by atomic mass is 33.1. The second-order valence-corrected chi connectivity index (χ2v) is 14.1. The smallest absolute Gasteiger partial charge is 0.147 e. The van der Waals surface area contributed by atoms with Gasteiger partial charge in [-0.2, -0.15) is 0 Å². The van der Waals surface area contributed by atoms with Crippen molar-refractivity contribution >= 4 is 54.7 Å². The zero-order valence-electron chi connectivity index (χ0n) is 20.0. The number of hydrogen-bond acceptors (Lipinski definition) is 4. The van der Waals surface area contributed by atoms with Gasteiger partial charge in [0.25, 0.3) is 0 Å². The minimum absolute atomic E-state index is 0.675. The van der Waals surface area contributed by atoms with Crippen molar-refractivity contribution in [1.82, 2.24) is 9.80 Å². The third-order valence-corrected chi connectivity index (χ3v) is 12.0. The highest BCUT2D eigenvalue weighted by Crippen LogP contribution is 2.39. The zero-order valence-corrected chi connectivity index (χ0v) is 23.2. The van der Waals surface area contributed by atoms with E-state index in [1.807, 2.05) is 21.6 Å². The first-order valence-corrected chi connectivity index (χ1v) is 16.7. The molecule has 0 aromatic rings. The first kappa shape index (κ1) is 25.6. The van der Waals surface area contributed by atoms with Crippen LogP contribution in [-0.2, 0) is 0 Å². The van der Waals surface area contributed by atoms with Gasteiger partial charge >= 0.3 is 0 Å². The molecule has 2 nitrogen and oxygen atoms in total. The van der Waals surface area contributed by atoms with Gasteiger partial charge in [-0.1, -0.05) is 101 Å². The summed E-state index contributed by atoms with van der Waals surface area (Å²) in [4.78, 5) is 5.42. The van der Waals surface area contributed by atoms with Crippen LogP contribution < -0.4 is 0 Å². The van der Waals surface area contributed by atoms with Gasteiger partial charge in [0.1, 0.15) is 8.64 Å². The molecule has 4 rings (SSSR count). The molecule has 0 aliphatic heterocycles. The molecular formula is C26H44N2S4. The molecular weight excluding hydrogens is 469 g/mol. The van der Waals surface area contributed by atoms with E-state index in [-0.39, 0.29) is 0 Å². The van der Waals surface area contributed by atoms with E-state index in [1.165, 1.54) is 128 Å². The number of thiocarbonyl (C=S) groups is 2. The molecule has 0 atom stereocenters. The van der Waals surface area contributed by atoms with Crippen LogP contribution in [0.5, 0.6) is 0 Å². The molecule has 0 spiro atoms. The summed E-state index contributed by atoms with van der Waals surface area (Å²) in [7, 11) is 3.65. The SMILES string of the molecule is S=C(SSC(=S)N(C1CCCCC1)C1CCCCC1)N(C1CCCCC1)C1CCCCC1. The Morgan fingerprint density at radius 3 is 0.844 bits per heavy atom. The van der Waals surface area contributed by atoms with Crippen molar-refractivity contribution in [2.75, 3.05) is 0 Å². The topological polar surface area (TPSA) is 6.48 Å². The zero-order chi connectivity index (χ0) is 22.2. The van der Waals surface area contributed by atoms with Crippen LogP contribution in [0.25, 0.3) is 0 Å². The molecule has 0 unspecified atom stereocenters. The Kier molecular flexibility index (Phi) is 10.8. The van der Waals surface area contributed by atoms with Gasteiger partial charge in [0.15, 0.2) is 0 Å². The maximum Gasteiger partial charge on any atom is 0.147 e. The lowest BCUT2D eigenvalue weighted by Gasteiger charge is -2.44. The lowest BCUT2D eigenvalue weighted by atomic mass is 9.89. The molecule has 32 heavy (non-hydrogen) atoms. The Morgan fingerprint density at radius 1 is 0.406 bits per heavy atom. The Morgan fingerprint density at radius 2 is 0.625 bits per heavy atom. The molecule has 0 radical (unpaired) electrons. The maximum absolute atomic E-state index is 6.14. The number of rotatable bonds is 4. The number of nitrogens with zero attached hydrogens (tertiary/aromatic N) is 2. The van der Waals surface area contributed by atoms with Gasteiger partial charge in [-0.15, -0.1) is 0 Å². The molecule has 0 N–H and O–H groups in total. The van der Waals surface area contributed by atoms with Crippen molar-refractivity contribution in [2.45, 2.75) is 153 Å². The van der Waals surface area contributed by atoms with Crippen LogP contribution in [0, 0.1) is 0 Å².